The number of nitrogens with zero attached hydrogens (tertiary/aromatic N) is 1. The molecule has 0 bridgehead atoms. The average molecular weight is 383 g/mol. The molecule has 2 aromatic rings. The lowest BCUT2D eigenvalue weighted by molar-refractivity contribution is -0.123. The number of carbonyl (C=O) groups is 1. The molecule has 1 saturated carbocycles. The van der Waals surface area contributed by atoms with Crippen LogP contribution in [0.3, 0.4) is 0 Å². The van der Waals surface area contributed by atoms with Crippen LogP contribution in [0.1, 0.15) is 48.4 Å². The zero-order chi connectivity index (χ0) is 18.9. The SMILES string of the molecule is Cc1ccc(C(CNC(=O)C2(c3ccc(Cl)cc3)CC2)N2CCCC2)cc1. The van der Waals surface area contributed by atoms with E-state index >= 15 is 0 Å². The first kappa shape index (κ1) is 18.5. The van der Waals surface area contributed by atoms with Gasteiger partial charge < -0.3 is 5.32 Å². The summed E-state index contributed by atoms with van der Waals surface area (Å²) < 4.78 is 0. The molecule has 4 heteroatoms. The number of rotatable bonds is 6. The van der Waals surface area contributed by atoms with Gasteiger partial charge in [-0.2, -0.15) is 0 Å². The number of hydrogen-bond acceptors (Lipinski definition) is 2. The van der Waals surface area contributed by atoms with Crippen LogP contribution in [0.25, 0.3) is 0 Å². The zero-order valence-corrected chi connectivity index (χ0v) is 16.6. The molecule has 0 radical (unpaired) electrons. The molecule has 0 aromatic heterocycles. The van der Waals surface area contributed by atoms with E-state index in [4.69, 9.17) is 11.6 Å². The number of nitrogens with one attached hydrogen (secondary N) is 1. The third kappa shape index (κ3) is 3.90. The Morgan fingerprint density at radius 1 is 1.07 bits per heavy atom. The number of amides is 1. The van der Waals surface area contributed by atoms with Crippen molar-refractivity contribution in [2.45, 2.75) is 44.1 Å². The average Bonchev–Trinajstić information content (AvgIpc) is 3.31. The number of hydrogen-bond donors (Lipinski definition) is 1. The molecule has 2 aliphatic rings. The van der Waals surface area contributed by atoms with Gasteiger partial charge in [-0.15, -0.1) is 0 Å². The smallest absolute Gasteiger partial charge is 0.230 e. The Labute approximate surface area is 166 Å². The highest BCUT2D eigenvalue weighted by atomic mass is 35.5. The summed E-state index contributed by atoms with van der Waals surface area (Å²) in [5.41, 5.74) is 3.28. The molecule has 4 rings (SSSR count). The summed E-state index contributed by atoms with van der Waals surface area (Å²) in [6.07, 6.45) is 4.31. The van der Waals surface area contributed by atoms with Crippen LogP contribution in [0.2, 0.25) is 5.02 Å². The molecule has 1 atom stereocenters. The minimum atomic E-state index is -0.354. The van der Waals surface area contributed by atoms with Gasteiger partial charge in [-0.3, -0.25) is 9.69 Å². The Hall–Kier alpha value is -1.84. The number of aryl methyl sites for hydroxylation is 1. The summed E-state index contributed by atoms with van der Waals surface area (Å²) in [4.78, 5) is 15.6. The predicted molar refractivity (Wildman–Crippen MR) is 110 cm³/mol. The molecule has 1 amide bonds. The first-order valence-electron chi connectivity index (χ1n) is 9.93. The summed E-state index contributed by atoms with van der Waals surface area (Å²) in [7, 11) is 0. The topological polar surface area (TPSA) is 32.3 Å². The highest BCUT2D eigenvalue weighted by Gasteiger charge is 2.51. The van der Waals surface area contributed by atoms with E-state index < -0.39 is 0 Å². The van der Waals surface area contributed by atoms with Crippen molar-refractivity contribution in [1.82, 2.24) is 10.2 Å². The maximum absolute atomic E-state index is 13.1. The minimum absolute atomic E-state index is 0.154. The molecule has 1 N–H and O–H groups in total. The standard InChI is InChI=1S/C23H27ClN2O/c1-17-4-6-18(7-5-17)21(26-14-2-3-15-26)16-25-22(27)23(12-13-23)19-8-10-20(24)11-9-19/h4-11,21H,2-3,12-16H2,1H3,(H,25,27). The Balaban J connectivity index is 1.48. The fourth-order valence-corrected chi connectivity index (χ4v) is 4.32. The van der Waals surface area contributed by atoms with E-state index in [0.717, 1.165) is 31.5 Å². The second-order valence-corrected chi connectivity index (χ2v) is 8.41. The summed E-state index contributed by atoms with van der Waals surface area (Å²) >= 11 is 6.01. The Bertz CT molecular complexity index is 790. The highest BCUT2D eigenvalue weighted by Crippen LogP contribution is 2.48. The summed E-state index contributed by atoms with van der Waals surface area (Å²) in [5, 5.41) is 3.99. The van der Waals surface area contributed by atoms with E-state index in [1.165, 1.54) is 24.0 Å². The highest BCUT2D eigenvalue weighted by molar-refractivity contribution is 6.30. The van der Waals surface area contributed by atoms with E-state index in [1.54, 1.807) is 0 Å². The molecule has 1 aliphatic heterocycles. The van der Waals surface area contributed by atoms with Crippen LogP contribution in [0.15, 0.2) is 48.5 Å². The van der Waals surface area contributed by atoms with Crippen LogP contribution in [0.5, 0.6) is 0 Å². The van der Waals surface area contributed by atoms with Gasteiger partial charge in [0, 0.05) is 11.6 Å². The molecule has 1 saturated heterocycles. The van der Waals surface area contributed by atoms with Crippen molar-refractivity contribution in [3.8, 4) is 0 Å². The first-order valence-corrected chi connectivity index (χ1v) is 10.3. The monoisotopic (exact) mass is 382 g/mol. The van der Waals surface area contributed by atoms with E-state index in [-0.39, 0.29) is 17.4 Å². The molecule has 1 aliphatic carbocycles. The van der Waals surface area contributed by atoms with Gasteiger partial charge in [-0.1, -0.05) is 53.6 Å². The van der Waals surface area contributed by atoms with Gasteiger partial charge in [-0.25, -0.2) is 0 Å². The van der Waals surface area contributed by atoms with Crippen molar-refractivity contribution in [1.29, 1.82) is 0 Å². The van der Waals surface area contributed by atoms with Crippen LogP contribution in [0.4, 0.5) is 0 Å². The molecule has 1 heterocycles. The Morgan fingerprint density at radius 3 is 2.30 bits per heavy atom. The lowest BCUT2D eigenvalue weighted by atomic mass is 9.94. The summed E-state index contributed by atoms with van der Waals surface area (Å²) in [6.45, 7) is 4.99. The summed E-state index contributed by atoms with van der Waals surface area (Å²) in [6, 6.07) is 16.7. The van der Waals surface area contributed by atoms with E-state index in [2.05, 4.69) is 41.4 Å². The number of benzene rings is 2. The third-order valence-corrected chi connectivity index (χ3v) is 6.33. The van der Waals surface area contributed by atoms with Crippen LogP contribution in [0, 0.1) is 6.92 Å². The van der Waals surface area contributed by atoms with Crippen molar-refractivity contribution in [2.24, 2.45) is 0 Å². The van der Waals surface area contributed by atoms with Gasteiger partial charge in [0.1, 0.15) is 0 Å². The second kappa shape index (κ2) is 7.65. The largest absolute Gasteiger partial charge is 0.353 e. The predicted octanol–water partition coefficient (Wildman–Crippen LogP) is 4.63. The van der Waals surface area contributed by atoms with Crippen molar-refractivity contribution in [2.75, 3.05) is 19.6 Å². The molecule has 2 fully saturated rings. The van der Waals surface area contributed by atoms with Crippen LogP contribution < -0.4 is 5.32 Å². The molecule has 0 spiro atoms. The van der Waals surface area contributed by atoms with Crippen molar-refractivity contribution < 1.29 is 4.79 Å². The van der Waals surface area contributed by atoms with E-state index in [1.807, 2.05) is 24.3 Å². The molecule has 2 aromatic carbocycles. The fourth-order valence-electron chi connectivity index (χ4n) is 4.20. The lowest BCUT2D eigenvalue weighted by Crippen LogP contribution is -2.41. The molecule has 1 unspecified atom stereocenters. The molecular weight excluding hydrogens is 356 g/mol. The normalized spacial score (nSPS) is 19.6. The third-order valence-electron chi connectivity index (χ3n) is 6.08. The van der Waals surface area contributed by atoms with Crippen molar-refractivity contribution in [3.05, 3.63) is 70.2 Å². The number of likely N-dealkylation sites (tertiary alicyclic amines) is 1. The summed E-state index contributed by atoms with van der Waals surface area (Å²) in [5.74, 6) is 0.154. The number of halogens is 1. The number of carbonyl (C=O) groups excluding carboxylic acids is 1. The maximum atomic E-state index is 13.1. The Kier molecular flexibility index (Phi) is 5.25. The lowest BCUT2D eigenvalue weighted by Gasteiger charge is -2.29. The van der Waals surface area contributed by atoms with Gasteiger partial charge in [0.25, 0.3) is 0 Å². The molecule has 142 valence electrons. The molecule has 3 nitrogen and oxygen atoms in total. The van der Waals surface area contributed by atoms with Crippen LogP contribution in [-0.4, -0.2) is 30.4 Å². The van der Waals surface area contributed by atoms with Crippen LogP contribution >= 0.6 is 11.6 Å². The van der Waals surface area contributed by atoms with Crippen LogP contribution in [-0.2, 0) is 10.2 Å². The van der Waals surface area contributed by atoms with E-state index in [0.29, 0.717) is 11.6 Å². The van der Waals surface area contributed by atoms with Gasteiger partial charge in [0.05, 0.1) is 11.5 Å². The maximum Gasteiger partial charge on any atom is 0.230 e. The molecular formula is C23H27ClN2O. The fraction of sp³-hybridized carbons (Fsp3) is 0.435. The van der Waals surface area contributed by atoms with Gasteiger partial charge in [-0.05, 0) is 69.0 Å². The first-order chi connectivity index (χ1) is 13.1. The van der Waals surface area contributed by atoms with Crippen molar-refractivity contribution >= 4 is 17.5 Å². The second-order valence-electron chi connectivity index (χ2n) is 7.97. The van der Waals surface area contributed by atoms with Gasteiger partial charge >= 0.3 is 0 Å². The zero-order valence-electron chi connectivity index (χ0n) is 15.9. The Morgan fingerprint density at radius 2 is 1.70 bits per heavy atom. The van der Waals surface area contributed by atoms with Crippen molar-refractivity contribution in [3.63, 3.8) is 0 Å². The van der Waals surface area contributed by atoms with Gasteiger partial charge in [0.2, 0.25) is 5.91 Å². The molecule has 27 heavy (non-hydrogen) atoms. The minimum Gasteiger partial charge on any atom is -0.353 e. The van der Waals surface area contributed by atoms with E-state index in [9.17, 15) is 4.79 Å². The van der Waals surface area contributed by atoms with Gasteiger partial charge in [0.15, 0.2) is 0 Å². The quantitative estimate of drug-likeness (QED) is 0.789.